The summed E-state index contributed by atoms with van der Waals surface area (Å²) in [6.45, 7) is 5.40. The molecule has 2 amide bonds. The topological polar surface area (TPSA) is 35.6 Å². The molecule has 6 heteroatoms. The lowest BCUT2D eigenvalue weighted by molar-refractivity contribution is 0.160. The maximum atomic E-state index is 14.3. The number of likely N-dealkylation sites (tertiary alicyclic amines) is 1. The van der Waals surface area contributed by atoms with Crippen molar-refractivity contribution < 1.29 is 9.18 Å². The molecule has 0 aromatic heterocycles. The maximum Gasteiger partial charge on any atom is 0.326 e. The summed E-state index contributed by atoms with van der Waals surface area (Å²) < 4.78 is 14.3. The highest BCUT2D eigenvalue weighted by Crippen LogP contribution is 2.47. The second kappa shape index (κ2) is 8.81. The van der Waals surface area contributed by atoms with Crippen LogP contribution in [0.5, 0.6) is 0 Å². The monoisotopic (exact) mass is 463 g/mol. The summed E-state index contributed by atoms with van der Waals surface area (Å²) >= 11 is 6.07. The normalized spacial score (nSPS) is 17.2. The zero-order chi connectivity index (χ0) is 23.0. The number of aryl methyl sites for hydroxylation is 1. The second-order valence-corrected chi connectivity index (χ2v) is 9.67. The van der Waals surface area contributed by atoms with Crippen LogP contribution >= 0.6 is 11.6 Å². The summed E-state index contributed by atoms with van der Waals surface area (Å²) in [5, 5.41) is 3.51. The van der Waals surface area contributed by atoms with E-state index in [1.807, 2.05) is 6.07 Å². The number of carbonyl (C=O) groups excluding carboxylic acids is 1. The lowest BCUT2D eigenvalue weighted by Gasteiger charge is -2.40. The number of halogens is 2. The first-order chi connectivity index (χ1) is 15.9. The van der Waals surface area contributed by atoms with Gasteiger partial charge in [0.1, 0.15) is 5.82 Å². The van der Waals surface area contributed by atoms with Gasteiger partial charge in [-0.25, -0.2) is 9.18 Å². The summed E-state index contributed by atoms with van der Waals surface area (Å²) in [5.74, 6) is -0.257. The van der Waals surface area contributed by atoms with E-state index in [-0.39, 0.29) is 17.3 Å². The number of nitrogens with one attached hydrogen (secondary N) is 1. The van der Waals surface area contributed by atoms with E-state index in [1.165, 1.54) is 17.2 Å². The number of amides is 2. The van der Waals surface area contributed by atoms with Crippen LogP contribution in [0.15, 0.2) is 66.7 Å². The summed E-state index contributed by atoms with van der Waals surface area (Å²) in [7, 11) is 0. The van der Waals surface area contributed by atoms with E-state index in [1.54, 1.807) is 35.2 Å². The Kier molecular flexibility index (Phi) is 5.85. The number of benzene rings is 3. The van der Waals surface area contributed by atoms with Gasteiger partial charge in [-0.3, -0.25) is 9.80 Å². The first-order valence-electron chi connectivity index (χ1n) is 11.3. The van der Waals surface area contributed by atoms with Crippen molar-refractivity contribution in [3.8, 4) is 0 Å². The Morgan fingerprint density at radius 3 is 2.61 bits per heavy atom. The van der Waals surface area contributed by atoms with Crippen molar-refractivity contribution in [2.24, 2.45) is 0 Å². The average Bonchev–Trinajstić information content (AvgIpc) is 3.09. The van der Waals surface area contributed by atoms with Crippen LogP contribution in [0, 0.1) is 12.7 Å². The molecule has 0 aliphatic carbocycles. The molecule has 0 unspecified atom stereocenters. The first-order valence-corrected chi connectivity index (χ1v) is 11.7. The van der Waals surface area contributed by atoms with Gasteiger partial charge >= 0.3 is 6.03 Å². The minimum absolute atomic E-state index is 0.218. The highest BCUT2D eigenvalue weighted by molar-refractivity contribution is 6.30. The van der Waals surface area contributed by atoms with Crippen LogP contribution in [0.3, 0.4) is 0 Å². The quantitative estimate of drug-likeness (QED) is 0.489. The fourth-order valence-electron chi connectivity index (χ4n) is 5.22. The van der Waals surface area contributed by atoms with E-state index in [4.69, 9.17) is 11.6 Å². The van der Waals surface area contributed by atoms with Crippen LogP contribution < -0.4 is 10.2 Å². The number of rotatable bonds is 3. The second-order valence-electron chi connectivity index (χ2n) is 9.23. The van der Waals surface area contributed by atoms with Gasteiger partial charge in [0.2, 0.25) is 0 Å². The molecule has 2 heterocycles. The van der Waals surface area contributed by atoms with E-state index < -0.39 is 0 Å². The third kappa shape index (κ3) is 4.48. The molecule has 0 bridgehead atoms. The van der Waals surface area contributed by atoms with Gasteiger partial charge in [-0.05, 0) is 80.4 Å². The number of nitrogens with zero attached hydrogens (tertiary/aromatic N) is 2. The van der Waals surface area contributed by atoms with Gasteiger partial charge in [-0.1, -0.05) is 47.5 Å². The van der Waals surface area contributed by atoms with Crippen LogP contribution in [0.25, 0.3) is 0 Å². The van der Waals surface area contributed by atoms with Gasteiger partial charge in [0.25, 0.3) is 0 Å². The molecule has 1 spiro atoms. The van der Waals surface area contributed by atoms with Crippen LogP contribution in [0.2, 0.25) is 5.02 Å². The third-order valence-electron chi connectivity index (χ3n) is 6.90. The zero-order valence-electron chi connectivity index (χ0n) is 18.7. The molecule has 5 rings (SSSR count). The Labute approximate surface area is 199 Å². The van der Waals surface area contributed by atoms with Crippen molar-refractivity contribution in [1.82, 2.24) is 4.90 Å². The summed E-state index contributed by atoms with van der Waals surface area (Å²) in [6, 6.07) is 20.3. The standard InChI is InChI=1S/C27H27ClFN3O/c1-19-4-2-5-20(14-19)17-31-12-10-27(11-13-31)18-32(25-9-8-22(29)16-24(25)27)26(33)30-23-7-3-6-21(28)15-23/h2-9,14-16H,10-13,17-18H2,1H3,(H,30,33). The van der Waals surface area contributed by atoms with Crippen molar-refractivity contribution in [3.05, 3.63) is 94.3 Å². The van der Waals surface area contributed by atoms with Crippen LogP contribution in [0.1, 0.15) is 29.5 Å². The molecule has 0 radical (unpaired) electrons. The van der Waals surface area contributed by atoms with E-state index in [0.717, 1.165) is 43.7 Å². The molecule has 2 aliphatic rings. The van der Waals surface area contributed by atoms with Gasteiger partial charge in [0.05, 0.1) is 0 Å². The van der Waals surface area contributed by atoms with E-state index in [9.17, 15) is 9.18 Å². The molecular weight excluding hydrogens is 437 g/mol. The molecule has 1 saturated heterocycles. The highest BCUT2D eigenvalue weighted by atomic mass is 35.5. The Hall–Kier alpha value is -2.89. The number of fused-ring (bicyclic) bond motifs is 2. The Bertz CT molecular complexity index is 1190. The number of hydrogen-bond donors (Lipinski definition) is 1. The van der Waals surface area contributed by atoms with Gasteiger partial charge < -0.3 is 5.32 Å². The van der Waals surface area contributed by atoms with Crippen molar-refractivity contribution >= 4 is 29.0 Å². The lowest BCUT2D eigenvalue weighted by atomic mass is 9.74. The molecule has 3 aromatic rings. The van der Waals surface area contributed by atoms with Crippen LogP contribution in [-0.4, -0.2) is 30.6 Å². The largest absolute Gasteiger partial charge is 0.326 e. The number of urea groups is 1. The summed E-state index contributed by atoms with van der Waals surface area (Å²) in [5.41, 5.74) is 4.73. The number of piperidine rings is 1. The van der Waals surface area contributed by atoms with Crippen molar-refractivity contribution in [3.63, 3.8) is 0 Å². The van der Waals surface area contributed by atoms with Gasteiger partial charge in [0, 0.05) is 34.9 Å². The number of anilines is 2. The SMILES string of the molecule is Cc1cccc(CN2CCC3(CC2)CN(C(=O)Nc2cccc(Cl)c2)c2ccc(F)cc23)c1. The zero-order valence-corrected chi connectivity index (χ0v) is 19.4. The van der Waals surface area contributed by atoms with E-state index in [0.29, 0.717) is 17.3 Å². The molecule has 1 N–H and O–H groups in total. The molecule has 2 aliphatic heterocycles. The predicted octanol–water partition coefficient (Wildman–Crippen LogP) is 6.37. The fraction of sp³-hybridized carbons (Fsp3) is 0.296. The van der Waals surface area contributed by atoms with Crippen LogP contribution in [-0.2, 0) is 12.0 Å². The smallest absolute Gasteiger partial charge is 0.307 e. The first kappa shape index (κ1) is 21.9. The minimum atomic E-state index is -0.257. The Balaban J connectivity index is 1.35. The third-order valence-corrected chi connectivity index (χ3v) is 7.14. The molecule has 0 saturated carbocycles. The molecule has 170 valence electrons. The van der Waals surface area contributed by atoms with Gasteiger partial charge in [0.15, 0.2) is 0 Å². The molecule has 1 fully saturated rings. The van der Waals surface area contributed by atoms with Gasteiger partial charge in [-0.15, -0.1) is 0 Å². The number of hydrogen-bond acceptors (Lipinski definition) is 2. The van der Waals surface area contributed by atoms with E-state index in [2.05, 4.69) is 41.4 Å². The average molecular weight is 464 g/mol. The Morgan fingerprint density at radius 1 is 1.06 bits per heavy atom. The van der Waals surface area contributed by atoms with Crippen molar-refractivity contribution in [2.75, 3.05) is 29.9 Å². The molecule has 33 heavy (non-hydrogen) atoms. The molecule has 3 aromatic carbocycles. The van der Waals surface area contributed by atoms with Crippen molar-refractivity contribution in [2.45, 2.75) is 31.7 Å². The summed E-state index contributed by atoms with van der Waals surface area (Å²) in [6.07, 6.45) is 1.77. The summed E-state index contributed by atoms with van der Waals surface area (Å²) in [4.78, 5) is 17.4. The lowest BCUT2D eigenvalue weighted by Crippen LogP contribution is -2.46. The fourth-order valence-corrected chi connectivity index (χ4v) is 5.41. The maximum absolute atomic E-state index is 14.3. The molecule has 4 nitrogen and oxygen atoms in total. The highest BCUT2D eigenvalue weighted by Gasteiger charge is 2.46. The molecular formula is C27H27ClFN3O. The molecule has 0 atom stereocenters. The number of carbonyl (C=O) groups is 1. The van der Waals surface area contributed by atoms with Crippen LogP contribution in [0.4, 0.5) is 20.6 Å². The van der Waals surface area contributed by atoms with Crippen molar-refractivity contribution in [1.29, 1.82) is 0 Å². The van der Waals surface area contributed by atoms with Gasteiger partial charge in [-0.2, -0.15) is 0 Å². The predicted molar refractivity (Wildman–Crippen MR) is 132 cm³/mol. The Morgan fingerprint density at radius 2 is 1.85 bits per heavy atom. The van der Waals surface area contributed by atoms with E-state index >= 15 is 0 Å². The minimum Gasteiger partial charge on any atom is -0.307 e.